The number of imidazole rings is 1. The van der Waals surface area contributed by atoms with Crippen LogP contribution in [0.1, 0.15) is 16.7 Å². The van der Waals surface area contributed by atoms with E-state index in [-0.39, 0.29) is 24.7 Å². The Labute approximate surface area is 147 Å². The van der Waals surface area contributed by atoms with E-state index in [9.17, 15) is 19.6 Å². The second kappa shape index (κ2) is 6.98. The number of aliphatic hydroxyl groups excluding tert-OH is 2. The normalized spacial score (nSPS) is 28.6. The molecule has 142 valence electrons. The molecule has 2 aliphatic rings. The zero-order chi connectivity index (χ0) is 19.1. The number of phosphoric ester groups is 1. The zero-order valence-electron chi connectivity index (χ0n) is 13.3. The summed E-state index contributed by atoms with van der Waals surface area (Å²) in [6.45, 7) is -0.406. The number of amides is 1. The van der Waals surface area contributed by atoms with E-state index < -0.39 is 44.9 Å². The number of fused-ring (bicyclic) bond motifs is 1. The number of anilines is 1. The van der Waals surface area contributed by atoms with E-state index in [0.29, 0.717) is 0 Å². The van der Waals surface area contributed by atoms with E-state index in [2.05, 4.69) is 20.7 Å². The molecule has 1 saturated heterocycles. The van der Waals surface area contributed by atoms with Crippen molar-refractivity contribution in [2.24, 2.45) is 0 Å². The second-order valence-electron chi connectivity index (χ2n) is 5.72. The maximum Gasteiger partial charge on any atom is 0.469 e. The van der Waals surface area contributed by atoms with Gasteiger partial charge in [0.05, 0.1) is 26.1 Å². The number of terminal acetylenes is 1. The van der Waals surface area contributed by atoms with Crippen molar-refractivity contribution >= 4 is 19.5 Å². The number of carbonyl (C=O) groups excluding carboxylic acids is 1. The predicted octanol–water partition coefficient (Wildman–Crippen LogP) is -1.93. The van der Waals surface area contributed by atoms with Crippen molar-refractivity contribution in [3.05, 3.63) is 12.0 Å². The maximum atomic E-state index is 12.3. The highest BCUT2D eigenvalue weighted by molar-refractivity contribution is 7.46. The van der Waals surface area contributed by atoms with Crippen molar-refractivity contribution in [2.75, 3.05) is 25.1 Å². The molecule has 5 N–H and O–H groups in total. The van der Waals surface area contributed by atoms with Gasteiger partial charge in [-0.1, -0.05) is 5.92 Å². The van der Waals surface area contributed by atoms with Gasteiger partial charge in [-0.3, -0.25) is 13.9 Å². The lowest BCUT2D eigenvalue weighted by Crippen LogP contribution is -2.41. The molecule has 0 aliphatic carbocycles. The third-order valence-electron chi connectivity index (χ3n) is 4.02. The van der Waals surface area contributed by atoms with Crippen LogP contribution in [0.5, 0.6) is 0 Å². The maximum absolute atomic E-state index is 12.3. The number of nitrogens with one attached hydrogen (secondary N) is 1. The molecule has 0 unspecified atom stereocenters. The Morgan fingerprint density at radius 3 is 2.85 bits per heavy atom. The van der Waals surface area contributed by atoms with E-state index in [4.69, 9.17) is 20.9 Å². The van der Waals surface area contributed by atoms with Crippen molar-refractivity contribution in [1.82, 2.24) is 14.5 Å². The largest absolute Gasteiger partial charge is 0.469 e. The fourth-order valence-electron chi connectivity index (χ4n) is 2.78. The first-order valence-corrected chi connectivity index (χ1v) is 9.01. The van der Waals surface area contributed by atoms with Gasteiger partial charge in [-0.2, -0.15) is 0 Å². The Balaban J connectivity index is 1.79. The first-order valence-electron chi connectivity index (χ1n) is 7.48. The molecule has 26 heavy (non-hydrogen) atoms. The molecule has 4 atom stereocenters. The molecule has 0 bridgehead atoms. The molecule has 3 rings (SSSR count). The van der Waals surface area contributed by atoms with Crippen LogP contribution in [0.15, 0.2) is 6.33 Å². The molecule has 13 heteroatoms. The Kier molecular flexibility index (Phi) is 5.05. The van der Waals surface area contributed by atoms with Gasteiger partial charge >= 0.3 is 7.82 Å². The summed E-state index contributed by atoms with van der Waals surface area (Å²) >= 11 is 0. The van der Waals surface area contributed by atoms with Gasteiger partial charge in [-0.25, -0.2) is 9.55 Å². The number of aromatic nitrogens is 2. The van der Waals surface area contributed by atoms with Crippen LogP contribution in [-0.2, 0) is 13.8 Å². The molecular weight excluding hydrogens is 371 g/mol. The summed E-state index contributed by atoms with van der Waals surface area (Å²) in [5, 5.41) is 23.2. The van der Waals surface area contributed by atoms with Crippen LogP contribution in [0.4, 0.5) is 5.82 Å². The van der Waals surface area contributed by atoms with Crippen LogP contribution in [0, 0.1) is 12.3 Å². The number of nitrogens with zero attached hydrogens (tertiary/aromatic N) is 3. The van der Waals surface area contributed by atoms with Crippen LogP contribution in [-0.4, -0.2) is 78.5 Å². The average molecular weight is 388 g/mol. The molecular formula is C13H17N4O8P. The molecule has 2 aliphatic heterocycles. The first kappa shape index (κ1) is 18.8. The molecule has 12 nitrogen and oxygen atoms in total. The van der Waals surface area contributed by atoms with Crippen LogP contribution in [0.3, 0.4) is 0 Å². The minimum absolute atomic E-state index is 0.0757. The third kappa shape index (κ3) is 3.46. The van der Waals surface area contributed by atoms with Crippen molar-refractivity contribution in [2.45, 2.75) is 24.5 Å². The van der Waals surface area contributed by atoms with E-state index in [1.165, 1.54) is 15.8 Å². The summed E-state index contributed by atoms with van der Waals surface area (Å²) in [5.41, 5.74) is 0.0757. The number of phosphoric acid groups is 1. The lowest BCUT2D eigenvalue weighted by Gasteiger charge is -2.28. The van der Waals surface area contributed by atoms with Crippen LogP contribution in [0.25, 0.3) is 0 Å². The molecule has 0 saturated carbocycles. The SMILES string of the molecule is C#CCN1CNc2c(ncn2[C@@H]2O[C@H](COP(=O)(O)O)[C@@H](O)[C@H]2O)C1=O. The lowest BCUT2D eigenvalue weighted by atomic mass is 10.1. The number of ether oxygens (including phenoxy) is 1. The van der Waals surface area contributed by atoms with Gasteiger partial charge in [-0.15, -0.1) is 6.42 Å². The Morgan fingerprint density at radius 1 is 1.46 bits per heavy atom. The predicted molar refractivity (Wildman–Crippen MR) is 84.5 cm³/mol. The van der Waals surface area contributed by atoms with E-state index in [1.807, 2.05) is 0 Å². The average Bonchev–Trinajstić information content (AvgIpc) is 3.11. The topological polar surface area (TPSA) is 167 Å². The fourth-order valence-corrected chi connectivity index (χ4v) is 3.12. The van der Waals surface area contributed by atoms with Gasteiger partial charge in [-0.05, 0) is 0 Å². The number of hydrogen-bond acceptors (Lipinski definition) is 8. The van der Waals surface area contributed by atoms with Gasteiger partial charge in [0.25, 0.3) is 5.91 Å². The van der Waals surface area contributed by atoms with Gasteiger partial charge in [0, 0.05) is 0 Å². The smallest absolute Gasteiger partial charge is 0.387 e. The van der Waals surface area contributed by atoms with Crippen LogP contribution in [0.2, 0.25) is 0 Å². The number of aliphatic hydroxyl groups is 2. The summed E-state index contributed by atoms with van der Waals surface area (Å²) in [6, 6.07) is 0. The minimum Gasteiger partial charge on any atom is -0.387 e. The second-order valence-corrected chi connectivity index (χ2v) is 6.96. The van der Waals surface area contributed by atoms with E-state index >= 15 is 0 Å². The van der Waals surface area contributed by atoms with Gasteiger partial charge < -0.3 is 35.0 Å². The van der Waals surface area contributed by atoms with Crippen LogP contribution >= 0.6 is 7.82 Å². The molecule has 1 aromatic rings. The third-order valence-corrected chi connectivity index (χ3v) is 4.51. The van der Waals surface area contributed by atoms with Crippen molar-refractivity contribution in [3.63, 3.8) is 0 Å². The number of rotatable bonds is 5. The monoisotopic (exact) mass is 388 g/mol. The van der Waals surface area contributed by atoms with Crippen molar-refractivity contribution in [3.8, 4) is 12.3 Å². The molecule has 0 aromatic carbocycles. The van der Waals surface area contributed by atoms with Crippen LogP contribution < -0.4 is 5.32 Å². The fraction of sp³-hybridized carbons (Fsp3) is 0.538. The highest BCUT2D eigenvalue weighted by atomic mass is 31.2. The van der Waals surface area contributed by atoms with Gasteiger partial charge in [0.2, 0.25) is 0 Å². The summed E-state index contributed by atoms with van der Waals surface area (Å²) in [5.74, 6) is 2.24. The first-order chi connectivity index (χ1) is 12.2. The number of hydrogen-bond donors (Lipinski definition) is 5. The molecule has 1 fully saturated rings. The Bertz CT molecular complexity index is 786. The van der Waals surface area contributed by atoms with Crippen molar-refractivity contribution < 1.29 is 38.6 Å². The van der Waals surface area contributed by atoms with E-state index in [0.717, 1.165) is 0 Å². The minimum atomic E-state index is -4.76. The number of carbonyl (C=O) groups is 1. The Morgan fingerprint density at radius 2 is 2.19 bits per heavy atom. The zero-order valence-corrected chi connectivity index (χ0v) is 14.2. The molecule has 1 amide bonds. The summed E-state index contributed by atoms with van der Waals surface area (Å²) in [7, 11) is -4.76. The standard InChI is InChI=1S/C13H17N4O8P/c1-2-3-16-5-15-11-8(12(16)20)14-6-17(11)13-10(19)9(18)7(25-13)4-24-26(21,22)23/h1,6-7,9-10,13,15,18-19H,3-5H2,(H2,21,22,23)/t7-,9-,10-,13-/m1/s1. The summed E-state index contributed by atoms with van der Waals surface area (Å²) in [6.07, 6.45) is 1.26. The van der Waals surface area contributed by atoms with Gasteiger partial charge in [0.1, 0.15) is 24.1 Å². The highest BCUT2D eigenvalue weighted by Gasteiger charge is 2.46. The van der Waals surface area contributed by atoms with E-state index in [1.54, 1.807) is 0 Å². The highest BCUT2D eigenvalue weighted by Crippen LogP contribution is 2.39. The Hall–Kier alpha value is -1.97. The van der Waals surface area contributed by atoms with Crippen molar-refractivity contribution in [1.29, 1.82) is 0 Å². The summed E-state index contributed by atoms with van der Waals surface area (Å²) in [4.78, 5) is 35.2. The molecule has 3 heterocycles. The molecule has 0 spiro atoms. The molecule has 1 aromatic heterocycles. The quantitative estimate of drug-likeness (QED) is 0.283. The van der Waals surface area contributed by atoms with Gasteiger partial charge in [0.15, 0.2) is 11.9 Å². The lowest BCUT2D eigenvalue weighted by molar-refractivity contribution is -0.0512. The molecule has 0 radical (unpaired) electrons. The summed E-state index contributed by atoms with van der Waals surface area (Å²) < 4.78 is 21.9.